The maximum atomic E-state index is 13.8. The lowest BCUT2D eigenvalue weighted by Crippen LogP contribution is -2.56. The Hall–Kier alpha value is -2.13. The second kappa shape index (κ2) is 8.71. The highest BCUT2D eigenvalue weighted by Crippen LogP contribution is 2.53. The number of amides is 1. The lowest BCUT2D eigenvalue weighted by molar-refractivity contribution is -0.171. The first-order valence-electron chi connectivity index (χ1n) is 11.2. The van der Waals surface area contributed by atoms with E-state index < -0.39 is 0 Å². The minimum absolute atomic E-state index is 0.186. The zero-order valence-electron chi connectivity index (χ0n) is 17.7. The number of nitrogens with zero attached hydrogens (tertiary/aromatic N) is 1. The van der Waals surface area contributed by atoms with Gasteiger partial charge in [-0.3, -0.25) is 4.79 Å². The summed E-state index contributed by atoms with van der Waals surface area (Å²) in [6.07, 6.45) is 5.08. The summed E-state index contributed by atoms with van der Waals surface area (Å²) in [7, 11) is 0. The monoisotopic (exact) mass is 391 g/mol. The van der Waals surface area contributed by atoms with E-state index in [0.29, 0.717) is 18.4 Å². The average molecular weight is 392 g/mol. The molecule has 0 N–H and O–H groups in total. The van der Waals surface area contributed by atoms with E-state index in [0.717, 1.165) is 38.6 Å². The van der Waals surface area contributed by atoms with E-state index in [2.05, 4.69) is 55.1 Å². The van der Waals surface area contributed by atoms with E-state index in [1.807, 2.05) is 24.3 Å². The first-order valence-corrected chi connectivity index (χ1v) is 11.2. The number of hydrogen-bond donors (Lipinski definition) is 0. The molecular formula is C26H33NO2. The molecule has 0 aromatic heterocycles. The molecule has 1 saturated carbocycles. The summed E-state index contributed by atoms with van der Waals surface area (Å²) >= 11 is 0. The molecule has 2 aliphatic rings. The summed E-state index contributed by atoms with van der Waals surface area (Å²) in [4.78, 5) is 16.0. The molecule has 0 spiro atoms. The number of rotatable bonds is 7. The van der Waals surface area contributed by atoms with Crippen LogP contribution < -0.4 is 0 Å². The SMILES string of the molecule is CCC(C)C1(C(=O)N2CCCC2c2ccccc2)CC(OCc2ccccc2)C1. The van der Waals surface area contributed by atoms with E-state index in [-0.39, 0.29) is 17.6 Å². The average Bonchev–Trinajstić information content (AvgIpc) is 3.23. The highest BCUT2D eigenvalue weighted by molar-refractivity contribution is 5.85. The van der Waals surface area contributed by atoms with Gasteiger partial charge in [0.25, 0.3) is 0 Å². The van der Waals surface area contributed by atoms with Crippen molar-refractivity contribution in [3.05, 3.63) is 71.8 Å². The van der Waals surface area contributed by atoms with Crippen molar-refractivity contribution in [2.24, 2.45) is 11.3 Å². The molecule has 2 aromatic rings. The molecule has 1 amide bonds. The van der Waals surface area contributed by atoms with Crippen molar-refractivity contribution in [2.45, 2.75) is 64.7 Å². The van der Waals surface area contributed by atoms with Crippen molar-refractivity contribution in [3.63, 3.8) is 0 Å². The highest BCUT2D eigenvalue weighted by Gasteiger charge is 2.56. The highest BCUT2D eigenvalue weighted by atomic mass is 16.5. The Morgan fingerprint density at radius 1 is 1.10 bits per heavy atom. The van der Waals surface area contributed by atoms with Gasteiger partial charge >= 0.3 is 0 Å². The lowest BCUT2D eigenvalue weighted by atomic mass is 9.58. The van der Waals surface area contributed by atoms with Crippen molar-refractivity contribution in [3.8, 4) is 0 Å². The van der Waals surface area contributed by atoms with Crippen LogP contribution in [0.25, 0.3) is 0 Å². The molecule has 29 heavy (non-hydrogen) atoms. The van der Waals surface area contributed by atoms with Crippen LogP contribution in [-0.4, -0.2) is 23.5 Å². The molecule has 2 fully saturated rings. The maximum absolute atomic E-state index is 13.8. The van der Waals surface area contributed by atoms with Crippen LogP contribution in [0.15, 0.2) is 60.7 Å². The number of carbonyl (C=O) groups excluding carboxylic acids is 1. The van der Waals surface area contributed by atoms with Crippen LogP contribution in [-0.2, 0) is 16.1 Å². The van der Waals surface area contributed by atoms with Gasteiger partial charge in [0.15, 0.2) is 0 Å². The third kappa shape index (κ3) is 3.98. The van der Waals surface area contributed by atoms with Crippen LogP contribution in [0, 0.1) is 11.3 Å². The van der Waals surface area contributed by atoms with E-state index in [9.17, 15) is 4.79 Å². The molecule has 2 unspecified atom stereocenters. The van der Waals surface area contributed by atoms with Gasteiger partial charge in [0, 0.05) is 6.54 Å². The van der Waals surface area contributed by atoms with E-state index >= 15 is 0 Å². The van der Waals surface area contributed by atoms with Gasteiger partial charge in [-0.1, -0.05) is 80.9 Å². The summed E-state index contributed by atoms with van der Waals surface area (Å²) in [5.74, 6) is 0.737. The number of benzene rings is 2. The van der Waals surface area contributed by atoms with E-state index in [1.54, 1.807) is 0 Å². The van der Waals surface area contributed by atoms with Gasteiger partial charge < -0.3 is 9.64 Å². The zero-order chi connectivity index (χ0) is 20.3. The summed E-state index contributed by atoms with van der Waals surface area (Å²) in [6, 6.07) is 21.1. The van der Waals surface area contributed by atoms with Crippen molar-refractivity contribution < 1.29 is 9.53 Å². The fourth-order valence-corrected chi connectivity index (χ4v) is 5.15. The summed E-state index contributed by atoms with van der Waals surface area (Å²) < 4.78 is 6.17. The number of ether oxygens (including phenoxy) is 1. The van der Waals surface area contributed by atoms with E-state index in [4.69, 9.17) is 4.74 Å². The van der Waals surface area contributed by atoms with Gasteiger partial charge in [0.1, 0.15) is 0 Å². The van der Waals surface area contributed by atoms with Crippen LogP contribution in [0.4, 0.5) is 0 Å². The van der Waals surface area contributed by atoms with Gasteiger partial charge in [0.2, 0.25) is 5.91 Å². The van der Waals surface area contributed by atoms with Crippen molar-refractivity contribution in [1.82, 2.24) is 4.90 Å². The normalized spacial score (nSPS) is 27.4. The largest absolute Gasteiger partial charge is 0.373 e. The third-order valence-electron chi connectivity index (χ3n) is 7.19. The number of hydrogen-bond acceptors (Lipinski definition) is 2. The van der Waals surface area contributed by atoms with Gasteiger partial charge in [0.05, 0.1) is 24.2 Å². The summed E-state index contributed by atoms with van der Waals surface area (Å²) in [5, 5.41) is 0. The molecule has 2 aromatic carbocycles. The minimum atomic E-state index is -0.256. The van der Waals surface area contributed by atoms with Crippen LogP contribution in [0.1, 0.15) is 63.1 Å². The molecule has 3 heteroatoms. The molecule has 3 nitrogen and oxygen atoms in total. The van der Waals surface area contributed by atoms with Crippen LogP contribution in [0.2, 0.25) is 0 Å². The summed E-state index contributed by atoms with van der Waals surface area (Å²) in [5.41, 5.74) is 2.21. The summed E-state index contributed by atoms with van der Waals surface area (Å²) in [6.45, 7) is 5.97. The standard InChI is InChI=1S/C26H33NO2/c1-3-20(2)26(17-23(18-26)29-19-21-11-6-4-7-12-21)25(28)27-16-10-15-24(27)22-13-8-5-9-14-22/h4-9,11-14,20,23-24H,3,10,15-19H2,1-2H3. The minimum Gasteiger partial charge on any atom is -0.373 e. The van der Waals surface area contributed by atoms with Crippen molar-refractivity contribution in [1.29, 1.82) is 0 Å². The van der Waals surface area contributed by atoms with Gasteiger partial charge in [-0.05, 0) is 42.7 Å². The van der Waals surface area contributed by atoms with Gasteiger partial charge in [-0.25, -0.2) is 0 Å². The molecule has 1 saturated heterocycles. The first kappa shape index (κ1) is 20.2. The third-order valence-corrected chi connectivity index (χ3v) is 7.19. The van der Waals surface area contributed by atoms with Crippen molar-refractivity contribution >= 4 is 5.91 Å². The Kier molecular flexibility index (Phi) is 6.05. The van der Waals surface area contributed by atoms with Crippen LogP contribution in [0.5, 0.6) is 0 Å². The van der Waals surface area contributed by atoms with E-state index in [1.165, 1.54) is 11.1 Å². The smallest absolute Gasteiger partial charge is 0.229 e. The lowest BCUT2D eigenvalue weighted by Gasteiger charge is -2.51. The fourth-order valence-electron chi connectivity index (χ4n) is 5.15. The Balaban J connectivity index is 1.45. The van der Waals surface area contributed by atoms with Gasteiger partial charge in [-0.2, -0.15) is 0 Å². The molecule has 0 radical (unpaired) electrons. The maximum Gasteiger partial charge on any atom is 0.229 e. The zero-order valence-corrected chi connectivity index (χ0v) is 17.7. The van der Waals surface area contributed by atoms with Gasteiger partial charge in [-0.15, -0.1) is 0 Å². The molecule has 1 aliphatic heterocycles. The van der Waals surface area contributed by atoms with Crippen LogP contribution in [0.3, 0.4) is 0 Å². The topological polar surface area (TPSA) is 29.5 Å². The molecule has 1 heterocycles. The van der Waals surface area contributed by atoms with Crippen LogP contribution >= 0.6 is 0 Å². The number of carbonyl (C=O) groups is 1. The predicted octanol–water partition coefficient (Wildman–Crippen LogP) is 5.76. The first-order chi connectivity index (χ1) is 14.1. The Morgan fingerprint density at radius 3 is 2.41 bits per heavy atom. The predicted molar refractivity (Wildman–Crippen MR) is 116 cm³/mol. The second-order valence-electron chi connectivity index (χ2n) is 8.86. The molecule has 154 valence electrons. The molecule has 1 aliphatic carbocycles. The fraction of sp³-hybridized carbons (Fsp3) is 0.500. The molecule has 2 atom stereocenters. The molecular weight excluding hydrogens is 358 g/mol. The Bertz CT molecular complexity index is 798. The second-order valence-corrected chi connectivity index (χ2v) is 8.86. The molecule has 0 bridgehead atoms. The van der Waals surface area contributed by atoms with Crippen molar-refractivity contribution in [2.75, 3.05) is 6.54 Å². The number of likely N-dealkylation sites (tertiary alicyclic amines) is 1. The quantitative estimate of drug-likeness (QED) is 0.600. The Labute approximate surface area is 175 Å². The Morgan fingerprint density at radius 2 is 1.76 bits per heavy atom. The molecule has 4 rings (SSSR count).